The number of alkyl halides is 3. The number of nitrogens with zero attached hydrogens (tertiary/aromatic N) is 2. The molecule has 0 radical (unpaired) electrons. The molecule has 1 atom stereocenters. The number of carbonyl (C=O) groups is 1. The Morgan fingerprint density at radius 1 is 1.33 bits per heavy atom. The third-order valence-corrected chi connectivity index (χ3v) is 3.65. The lowest BCUT2D eigenvalue weighted by Crippen LogP contribution is -2.34. The summed E-state index contributed by atoms with van der Waals surface area (Å²) in [4.78, 5) is 24.2. The second-order valence-corrected chi connectivity index (χ2v) is 5.95. The van der Waals surface area contributed by atoms with Gasteiger partial charge in [0.2, 0.25) is 5.43 Å². The first kappa shape index (κ1) is 22.7. The van der Waals surface area contributed by atoms with Gasteiger partial charge in [-0.25, -0.2) is 4.68 Å². The molecule has 1 amide bonds. The summed E-state index contributed by atoms with van der Waals surface area (Å²) in [6, 6.07) is 5.76. The Hall–Kier alpha value is -2.39. The highest BCUT2D eigenvalue weighted by molar-refractivity contribution is 5.92. The van der Waals surface area contributed by atoms with Crippen molar-refractivity contribution < 1.29 is 18.0 Å². The smallest absolute Gasteiger partial charge is 0.350 e. The van der Waals surface area contributed by atoms with E-state index in [4.69, 9.17) is 5.73 Å². The van der Waals surface area contributed by atoms with E-state index in [9.17, 15) is 22.8 Å². The van der Waals surface area contributed by atoms with E-state index < -0.39 is 28.8 Å². The minimum Gasteiger partial charge on any atom is -0.350 e. The van der Waals surface area contributed by atoms with Crippen LogP contribution in [-0.2, 0) is 6.18 Å². The van der Waals surface area contributed by atoms with E-state index in [1.165, 1.54) is 25.1 Å². The van der Waals surface area contributed by atoms with Gasteiger partial charge >= 0.3 is 6.18 Å². The molecule has 148 valence electrons. The Kier molecular flexibility index (Phi) is 7.55. The lowest BCUT2D eigenvalue weighted by molar-refractivity contribution is -0.137. The number of hydrogen-bond acceptors (Lipinski definition) is 4. The van der Waals surface area contributed by atoms with Gasteiger partial charge in [-0.2, -0.15) is 18.3 Å². The van der Waals surface area contributed by atoms with Gasteiger partial charge in [-0.3, -0.25) is 9.59 Å². The van der Waals surface area contributed by atoms with Crippen LogP contribution in [0.2, 0.25) is 0 Å². The lowest BCUT2D eigenvalue weighted by atomic mass is 10.1. The van der Waals surface area contributed by atoms with E-state index >= 15 is 0 Å². The summed E-state index contributed by atoms with van der Waals surface area (Å²) in [5.41, 5.74) is 3.45. The van der Waals surface area contributed by atoms with Gasteiger partial charge in [-0.15, -0.1) is 12.4 Å². The standard InChI is InChI=1S/C17H19F3N4O2.ClH/c1-10(21)7-8-22-16(26)15-14(25)9-11(2)24(23-15)13-6-4-3-5-12(13)17(18,19)20;/h3-6,9-10H,7-8,21H2,1-2H3,(H,22,26);1H. The molecule has 0 spiro atoms. The van der Waals surface area contributed by atoms with Crippen LogP contribution in [0, 0.1) is 6.92 Å². The number of para-hydroxylation sites is 1. The Morgan fingerprint density at radius 2 is 1.96 bits per heavy atom. The number of nitrogens with one attached hydrogen (secondary N) is 1. The first-order valence-electron chi connectivity index (χ1n) is 7.92. The van der Waals surface area contributed by atoms with Gasteiger partial charge < -0.3 is 11.1 Å². The van der Waals surface area contributed by atoms with Gasteiger partial charge in [0, 0.05) is 24.3 Å². The maximum Gasteiger partial charge on any atom is 0.418 e. The molecule has 10 heteroatoms. The van der Waals surface area contributed by atoms with Crippen molar-refractivity contribution in [2.24, 2.45) is 5.73 Å². The zero-order chi connectivity index (χ0) is 19.5. The molecule has 2 aromatic rings. The van der Waals surface area contributed by atoms with Crippen LogP contribution in [0.15, 0.2) is 35.1 Å². The number of amides is 1. The molecule has 1 aromatic carbocycles. The van der Waals surface area contributed by atoms with Gasteiger partial charge in [0.25, 0.3) is 5.91 Å². The Bertz CT molecular complexity index is 866. The highest BCUT2D eigenvalue weighted by atomic mass is 35.5. The molecule has 3 N–H and O–H groups in total. The highest BCUT2D eigenvalue weighted by Gasteiger charge is 2.34. The quantitative estimate of drug-likeness (QED) is 0.801. The monoisotopic (exact) mass is 404 g/mol. The molecule has 0 aliphatic rings. The fourth-order valence-electron chi connectivity index (χ4n) is 2.34. The van der Waals surface area contributed by atoms with Crippen molar-refractivity contribution in [3.63, 3.8) is 0 Å². The van der Waals surface area contributed by atoms with Crippen molar-refractivity contribution >= 4 is 18.3 Å². The van der Waals surface area contributed by atoms with Crippen LogP contribution in [-0.4, -0.2) is 28.3 Å². The van der Waals surface area contributed by atoms with E-state index in [0.717, 1.165) is 16.8 Å². The third kappa shape index (κ3) is 5.54. The maximum absolute atomic E-state index is 13.3. The van der Waals surface area contributed by atoms with Gasteiger partial charge in [0.1, 0.15) is 0 Å². The first-order valence-corrected chi connectivity index (χ1v) is 7.92. The summed E-state index contributed by atoms with van der Waals surface area (Å²) >= 11 is 0. The van der Waals surface area contributed by atoms with Crippen molar-refractivity contribution in [2.45, 2.75) is 32.5 Å². The van der Waals surface area contributed by atoms with Crippen molar-refractivity contribution in [1.29, 1.82) is 0 Å². The number of nitrogens with two attached hydrogens (primary N) is 1. The van der Waals surface area contributed by atoms with Crippen LogP contribution in [0.5, 0.6) is 0 Å². The molecule has 2 rings (SSSR count). The van der Waals surface area contributed by atoms with Crippen molar-refractivity contribution in [1.82, 2.24) is 15.1 Å². The average molecular weight is 405 g/mol. The molecule has 6 nitrogen and oxygen atoms in total. The zero-order valence-electron chi connectivity index (χ0n) is 14.7. The van der Waals surface area contributed by atoms with Crippen molar-refractivity contribution in [3.05, 3.63) is 57.5 Å². The molecule has 0 saturated carbocycles. The fourth-order valence-corrected chi connectivity index (χ4v) is 2.34. The fraction of sp³-hybridized carbons (Fsp3) is 0.353. The van der Waals surface area contributed by atoms with Gasteiger partial charge in [0.15, 0.2) is 5.69 Å². The summed E-state index contributed by atoms with van der Waals surface area (Å²) in [5, 5.41) is 6.37. The van der Waals surface area contributed by atoms with Crippen LogP contribution in [0.4, 0.5) is 13.2 Å². The summed E-state index contributed by atoms with van der Waals surface area (Å²) in [7, 11) is 0. The van der Waals surface area contributed by atoms with E-state index in [1.54, 1.807) is 6.92 Å². The van der Waals surface area contributed by atoms with E-state index in [1.807, 2.05) is 0 Å². The van der Waals surface area contributed by atoms with Crippen LogP contribution in [0.1, 0.15) is 35.1 Å². The minimum atomic E-state index is -4.60. The third-order valence-electron chi connectivity index (χ3n) is 3.65. The molecule has 0 fully saturated rings. The Labute approximate surface area is 160 Å². The van der Waals surface area contributed by atoms with Crippen LogP contribution >= 0.6 is 12.4 Å². The summed E-state index contributed by atoms with van der Waals surface area (Å²) < 4.78 is 40.7. The maximum atomic E-state index is 13.3. The molecule has 27 heavy (non-hydrogen) atoms. The average Bonchev–Trinajstić information content (AvgIpc) is 2.53. The minimum absolute atomic E-state index is 0. The molecule has 0 saturated heterocycles. The number of aromatic nitrogens is 2. The molecule has 1 heterocycles. The van der Waals surface area contributed by atoms with Gasteiger partial charge in [0.05, 0.1) is 11.3 Å². The predicted octanol–water partition coefficient (Wildman–Crippen LogP) is 2.45. The predicted molar refractivity (Wildman–Crippen MR) is 97.4 cm³/mol. The van der Waals surface area contributed by atoms with Crippen LogP contribution in [0.3, 0.4) is 0 Å². The summed E-state index contributed by atoms with van der Waals surface area (Å²) in [6.45, 7) is 3.43. The number of benzene rings is 1. The lowest BCUT2D eigenvalue weighted by Gasteiger charge is -2.16. The second kappa shape index (κ2) is 9.01. The van der Waals surface area contributed by atoms with Crippen LogP contribution < -0.4 is 16.5 Å². The molecular formula is C17H20ClF3N4O2. The van der Waals surface area contributed by atoms with E-state index in [2.05, 4.69) is 10.4 Å². The zero-order valence-corrected chi connectivity index (χ0v) is 15.5. The Morgan fingerprint density at radius 3 is 2.56 bits per heavy atom. The Balaban J connectivity index is 0.00000364. The molecule has 0 aliphatic carbocycles. The molecule has 1 unspecified atom stereocenters. The van der Waals surface area contributed by atoms with E-state index in [-0.39, 0.29) is 36.4 Å². The largest absolute Gasteiger partial charge is 0.418 e. The van der Waals surface area contributed by atoms with Crippen molar-refractivity contribution in [3.8, 4) is 5.69 Å². The topological polar surface area (TPSA) is 90.0 Å². The first-order chi connectivity index (χ1) is 12.1. The summed E-state index contributed by atoms with van der Waals surface area (Å²) in [6.07, 6.45) is -4.11. The van der Waals surface area contributed by atoms with E-state index in [0.29, 0.717) is 6.42 Å². The van der Waals surface area contributed by atoms with Gasteiger partial charge in [-0.1, -0.05) is 12.1 Å². The highest BCUT2D eigenvalue weighted by Crippen LogP contribution is 2.33. The van der Waals surface area contributed by atoms with Crippen LogP contribution in [0.25, 0.3) is 5.69 Å². The molecular weight excluding hydrogens is 385 g/mol. The molecule has 0 bridgehead atoms. The normalized spacial score (nSPS) is 12.2. The number of rotatable bonds is 5. The number of aryl methyl sites for hydroxylation is 1. The number of halogens is 4. The molecule has 1 aromatic heterocycles. The van der Waals surface area contributed by atoms with Gasteiger partial charge in [-0.05, 0) is 32.4 Å². The SMILES string of the molecule is Cc1cc(=O)c(C(=O)NCCC(C)N)nn1-c1ccccc1C(F)(F)F.Cl. The summed E-state index contributed by atoms with van der Waals surface area (Å²) in [5.74, 6) is -0.756. The number of carbonyl (C=O) groups excluding carboxylic acids is 1. The van der Waals surface area contributed by atoms with Crippen molar-refractivity contribution in [2.75, 3.05) is 6.54 Å². The number of hydrogen-bond donors (Lipinski definition) is 2. The second-order valence-electron chi connectivity index (χ2n) is 5.95. The molecule has 0 aliphatic heterocycles.